The van der Waals surface area contributed by atoms with Crippen LogP contribution in [0.15, 0.2) is 0 Å². The highest BCUT2D eigenvalue weighted by Crippen LogP contribution is 2.35. The second-order valence-electron chi connectivity index (χ2n) is 5.56. The van der Waals surface area contributed by atoms with Crippen LogP contribution in [0.3, 0.4) is 0 Å². The van der Waals surface area contributed by atoms with Crippen LogP contribution in [0.2, 0.25) is 0 Å². The molecule has 1 fully saturated rings. The van der Waals surface area contributed by atoms with Crippen molar-refractivity contribution in [3.8, 4) is 0 Å². The average molecular weight is 282 g/mol. The number of carbonyl (C=O) groups excluding carboxylic acids is 2. The van der Waals surface area contributed by atoms with Crippen LogP contribution >= 0.6 is 11.3 Å². The summed E-state index contributed by atoms with van der Waals surface area (Å²) in [6.45, 7) is 7.63. The monoisotopic (exact) mass is 282 g/mol. The average Bonchev–Trinajstić information content (AvgIpc) is 2.91. The zero-order chi connectivity index (χ0) is 14.2. The summed E-state index contributed by atoms with van der Waals surface area (Å²) in [5.74, 6) is -0.700. The molecule has 0 bridgehead atoms. The summed E-state index contributed by atoms with van der Waals surface area (Å²) >= 11 is 1.27. The molecule has 0 radical (unpaired) electrons. The number of rotatable bonds is 3. The van der Waals surface area contributed by atoms with Crippen LogP contribution in [0, 0.1) is 5.41 Å². The van der Waals surface area contributed by atoms with Crippen LogP contribution < -0.4 is 4.90 Å². The van der Waals surface area contributed by atoms with Crippen molar-refractivity contribution in [2.75, 3.05) is 25.1 Å². The van der Waals surface area contributed by atoms with Crippen molar-refractivity contribution >= 4 is 28.2 Å². The van der Waals surface area contributed by atoms with Gasteiger partial charge in [-0.15, -0.1) is 0 Å². The molecule has 0 atom stereocenters. The summed E-state index contributed by atoms with van der Waals surface area (Å²) in [7, 11) is 1.30. The summed E-state index contributed by atoms with van der Waals surface area (Å²) in [6.07, 6.45) is 1.08. The normalized spacial score (nSPS) is 17.6. The van der Waals surface area contributed by atoms with E-state index in [1.165, 1.54) is 25.4 Å². The highest BCUT2D eigenvalue weighted by Gasteiger charge is 2.32. The number of hydrogen-bond donors (Lipinski definition) is 0. The van der Waals surface area contributed by atoms with E-state index >= 15 is 0 Å². The Balaban J connectivity index is 2.33. The van der Waals surface area contributed by atoms with Gasteiger partial charge in [0.1, 0.15) is 4.88 Å². The number of Topliss-reactive ketones (excluding diaryl/α,β-unsaturated/α-hetero) is 1. The summed E-state index contributed by atoms with van der Waals surface area (Å²) in [4.78, 5) is 30.0. The number of anilines is 1. The molecule has 0 saturated carbocycles. The van der Waals surface area contributed by atoms with E-state index in [9.17, 15) is 9.59 Å². The van der Waals surface area contributed by atoms with E-state index in [-0.39, 0.29) is 16.9 Å². The first-order valence-corrected chi connectivity index (χ1v) is 7.01. The molecule has 0 aliphatic carbocycles. The highest BCUT2D eigenvalue weighted by atomic mass is 32.1. The second-order valence-corrected chi connectivity index (χ2v) is 6.54. The molecule has 0 amide bonds. The molecule has 104 valence electrons. The lowest BCUT2D eigenvalue weighted by Gasteiger charge is -2.18. The van der Waals surface area contributed by atoms with E-state index in [1.54, 1.807) is 0 Å². The summed E-state index contributed by atoms with van der Waals surface area (Å²) in [6, 6.07) is 0. The Kier molecular flexibility index (Phi) is 3.62. The van der Waals surface area contributed by atoms with Crippen molar-refractivity contribution in [1.29, 1.82) is 0 Å². The largest absolute Gasteiger partial charge is 0.464 e. The molecular weight excluding hydrogens is 264 g/mol. The van der Waals surface area contributed by atoms with Crippen molar-refractivity contribution in [2.45, 2.75) is 27.2 Å². The first-order chi connectivity index (χ1) is 8.84. The summed E-state index contributed by atoms with van der Waals surface area (Å²) in [5, 5.41) is 0.733. The number of ether oxygens (including phenoxy) is 1. The second kappa shape index (κ2) is 4.92. The van der Waals surface area contributed by atoms with E-state index in [0.717, 1.165) is 24.6 Å². The molecule has 1 aliphatic heterocycles. The van der Waals surface area contributed by atoms with Crippen molar-refractivity contribution in [3.05, 3.63) is 10.6 Å². The van der Waals surface area contributed by atoms with Gasteiger partial charge in [-0.05, 0) is 11.8 Å². The van der Waals surface area contributed by atoms with Gasteiger partial charge in [-0.2, -0.15) is 0 Å². The van der Waals surface area contributed by atoms with Gasteiger partial charge in [0.25, 0.3) is 0 Å². The molecule has 1 aliphatic rings. The van der Waals surface area contributed by atoms with Gasteiger partial charge in [0.15, 0.2) is 16.6 Å². The fourth-order valence-corrected chi connectivity index (χ4v) is 3.17. The number of aromatic nitrogens is 1. The molecule has 1 aromatic rings. The number of nitrogens with zero attached hydrogens (tertiary/aromatic N) is 2. The third-order valence-electron chi connectivity index (χ3n) is 3.26. The minimum absolute atomic E-state index is 0.139. The summed E-state index contributed by atoms with van der Waals surface area (Å²) in [5.41, 5.74) is 0.382. The van der Waals surface area contributed by atoms with Crippen molar-refractivity contribution < 1.29 is 14.3 Å². The van der Waals surface area contributed by atoms with E-state index in [2.05, 4.69) is 28.5 Å². The lowest BCUT2D eigenvalue weighted by atomic mass is 9.93. The Morgan fingerprint density at radius 3 is 2.58 bits per heavy atom. The molecule has 5 nitrogen and oxygen atoms in total. The Labute approximate surface area is 116 Å². The van der Waals surface area contributed by atoms with E-state index in [0.29, 0.717) is 4.88 Å². The number of thiazole rings is 1. The predicted molar refractivity (Wildman–Crippen MR) is 74.1 cm³/mol. The molecule has 1 aromatic heterocycles. The smallest absolute Gasteiger partial charge is 0.358 e. The third-order valence-corrected chi connectivity index (χ3v) is 4.48. The fraction of sp³-hybridized carbons (Fsp3) is 0.615. The van der Waals surface area contributed by atoms with Crippen LogP contribution in [-0.2, 0) is 4.74 Å². The van der Waals surface area contributed by atoms with Gasteiger partial charge >= 0.3 is 5.97 Å². The van der Waals surface area contributed by atoms with Crippen LogP contribution in [-0.4, -0.2) is 36.9 Å². The molecule has 19 heavy (non-hydrogen) atoms. The number of carbonyl (C=O) groups is 2. The number of methoxy groups -OCH3 is 1. The Hall–Kier alpha value is -1.43. The van der Waals surface area contributed by atoms with Crippen LogP contribution in [0.4, 0.5) is 5.13 Å². The Bertz CT molecular complexity index is 522. The SMILES string of the molecule is COC(=O)c1nc(N2CCC(C)(C)C2)sc1C(C)=O. The molecular formula is C13H18N2O3S. The van der Waals surface area contributed by atoms with E-state index in [4.69, 9.17) is 0 Å². The molecule has 6 heteroatoms. The topological polar surface area (TPSA) is 59.5 Å². The Morgan fingerprint density at radius 1 is 1.42 bits per heavy atom. The zero-order valence-electron chi connectivity index (χ0n) is 11.6. The molecule has 2 rings (SSSR count). The lowest BCUT2D eigenvalue weighted by molar-refractivity contribution is 0.0591. The Morgan fingerprint density at radius 2 is 2.11 bits per heavy atom. The van der Waals surface area contributed by atoms with Gasteiger partial charge in [-0.3, -0.25) is 4.79 Å². The molecule has 0 N–H and O–H groups in total. The minimum Gasteiger partial charge on any atom is -0.464 e. The highest BCUT2D eigenvalue weighted by molar-refractivity contribution is 7.17. The van der Waals surface area contributed by atoms with E-state index in [1.807, 2.05) is 0 Å². The maximum Gasteiger partial charge on any atom is 0.358 e. The van der Waals surface area contributed by atoms with Crippen molar-refractivity contribution in [2.24, 2.45) is 5.41 Å². The maximum absolute atomic E-state index is 11.6. The number of ketones is 1. The lowest BCUT2D eigenvalue weighted by Crippen LogP contribution is -2.22. The van der Waals surface area contributed by atoms with Gasteiger partial charge < -0.3 is 9.64 Å². The first kappa shape index (κ1) is 14.0. The van der Waals surface area contributed by atoms with Crippen molar-refractivity contribution in [3.63, 3.8) is 0 Å². The van der Waals surface area contributed by atoms with Crippen LogP contribution in [0.1, 0.15) is 47.4 Å². The van der Waals surface area contributed by atoms with Gasteiger partial charge in [0, 0.05) is 20.0 Å². The maximum atomic E-state index is 11.6. The van der Waals surface area contributed by atoms with Crippen molar-refractivity contribution in [1.82, 2.24) is 4.98 Å². The quantitative estimate of drug-likeness (QED) is 0.629. The standard InChI is InChI=1S/C13H18N2O3S/c1-8(16)10-9(11(17)18-4)14-12(19-10)15-6-5-13(2,3)7-15/h5-7H2,1-4H3. The fourth-order valence-electron chi connectivity index (χ4n) is 2.19. The number of esters is 1. The first-order valence-electron chi connectivity index (χ1n) is 6.19. The zero-order valence-corrected chi connectivity index (χ0v) is 12.5. The minimum atomic E-state index is -0.550. The molecule has 0 unspecified atom stereocenters. The van der Waals surface area contributed by atoms with Crippen LogP contribution in [0.5, 0.6) is 0 Å². The third kappa shape index (κ3) is 2.78. The van der Waals surface area contributed by atoms with Gasteiger partial charge in [-0.1, -0.05) is 25.2 Å². The van der Waals surface area contributed by atoms with E-state index < -0.39 is 5.97 Å². The summed E-state index contributed by atoms with van der Waals surface area (Å²) < 4.78 is 4.68. The van der Waals surface area contributed by atoms with Gasteiger partial charge in [0.2, 0.25) is 0 Å². The molecule has 2 heterocycles. The van der Waals surface area contributed by atoms with Gasteiger partial charge in [0.05, 0.1) is 7.11 Å². The number of hydrogen-bond acceptors (Lipinski definition) is 6. The molecule has 0 spiro atoms. The molecule has 0 aromatic carbocycles. The molecule has 1 saturated heterocycles. The van der Waals surface area contributed by atoms with Crippen LogP contribution in [0.25, 0.3) is 0 Å². The van der Waals surface area contributed by atoms with Gasteiger partial charge in [-0.25, -0.2) is 9.78 Å². The predicted octanol–water partition coefficient (Wildman–Crippen LogP) is 2.37.